The summed E-state index contributed by atoms with van der Waals surface area (Å²) in [6.07, 6.45) is -3.20. The zero-order chi connectivity index (χ0) is 14.6. The lowest BCUT2D eigenvalue weighted by Gasteiger charge is -2.10. The second-order valence-electron chi connectivity index (χ2n) is 3.47. The molecule has 0 bridgehead atoms. The zero-order valence-corrected chi connectivity index (χ0v) is 10.8. The maximum atomic E-state index is 12.4. The Labute approximate surface area is 111 Å². The van der Waals surface area contributed by atoms with Gasteiger partial charge in [0.1, 0.15) is 0 Å². The highest BCUT2D eigenvalue weighted by Gasteiger charge is 2.38. The number of nitrogen functional groups attached to an aromatic ring is 1. The summed E-state index contributed by atoms with van der Waals surface area (Å²) in [6, 6.07) is 0. The van der Waals surface area contributed by atoms with Gasteiger partial charge < -0.3 is 11.2 Å². The first kappa shape index (κ1) is 15.3. The van der Waals surface area contributed by atoms with E-state index in [1.54, 1.807) is 0 Å². The van der Waals surface area contributed by atoms with Crippen LogP contribution in [0.5, 0.6) is 0 Å². The Bertz CT molecular complexity index is 473. The predicted molar refractivity (Wildman–Crippen MR) is 63.7 cm³/mol. The van der Waals surface area contributed by atoms with Gasteiger partial charge in [-0.05, 0) is 6.92 Å². The first-order valence-corrected chi connectivity index (χ1v) is 5.98. The smallest absolute Gasteiger partial charge is 0.352 e. The number of aromatic nitrogens is 3. The summed E-state index contributed by atoms with van der Waals surface area (Å²) >= 11 is 0.784. The van der Waals surface area contributed by atoms with Crippen LogP contribution in [0, 0.1) is 0 Å². The van der Waals surface area contributed by atoms with Crippen molar-refractivity contribution in [3.63, 3.8) is 0 Å². The molecule has 1 aromatic heterocycles. The minimum atomic E-state index is -4.69. The van der Waals surface area contributed by atoms with Crippen molar-refractivity contribution in [1.82, 2.24) is 20.2 Å². The van der Waals surface area contributed by atoms with Gasteiger partial charge in [-0.1, -0.05) is 17.8 Å². The minimum absolute atomic E-state index is 0.187. The average Bonchev–Trinajstić information content (AvgIpc) is 2.67. The Morgan fingerprint density at radius 1 is 1.63 bits per heavy atom. The molecule has 1 aromatic rings. The average molecular weight is 295 g/mol. The number of nitrogens with one attached hydrogen (secondary N) is 1. The van der Waals surface area contributed by atoms with Crippen molar-refractivity contribution in [3.05, 3.63) is 18.5 Å². The van der Waals surface area contributed by atoms with E-state index in [1.165, 1.54) is 13.0 Å². The lowest BCUT2D eigenvalue weighted by atomic mass is 10.4. The van der Waals surface area contributed by atoms with E-state index < -0.39 is 17.3 Å². The highest BCUT2D eigenvalue weighted by Crippen LogP contribution is 2.29. The molecular formula is C9H12F3N5OS. The summed E-state index contributed by atoms with van der Waals surface area (Å²) in [5.41, 5.74) is 0. The first-order chi connectivity index (χ1) is 8.77. The van der Waals surface area contributed by atoms with E-state index in [0.717, 1.165) is 11.8 Å². The fourth-order valence-electron chi connectivity index (χ4n) is 1.08. The Morgan fingerprint density at radius 3 is 2.74 bits per heavy atom. The highest BCUT2D eigenvalue weighted by molar-refractivity contribution is 8.00. The van der Waals surface area contributed by atoms with Gasteiger partial charge in [-0.25, -0.2) is 4.68 Å². The molecule has 0 aliphatic heterocycles. The van der Waals surface area contributed by atoms with E-state index in [0.29, 0.717) is 4.68 Å². The number of thioether (sulfide) groups is 1. The zero-order valence-electron chi connectivity index (χ0n) is 9.94. The number of rotatable bonds is 5. The predicted octanol–water partition coefficient (Wildman–Crippen LogP) is 0.793. The molecule has 0 saturated carbocycles. The molecule has 10 heteroatoms. The SMILES string of the molecule is C=CCNC(=O)C(C)Sc1nnc(C(F)(F)F)n1N. The van der Waals surface area contributed by atoms with Gasteiger partial charge in [0.2, 0.25) is 11.1 Å². The molecule has 3 N–H and O–H groups in total. The number of alkyl halides is 3. The van der Waals surface area contributed by atoms with Crippen LogP contribution in [-0.2, 0) is 11.0 Å². The fraction of sp³-hybridized carbons (Fsp3) is 0.444. The number of hydrogen-bond donors (Lipinski definition) is 2. The van der Waals surface area contributed by atoms with E-state index in [1.807, 2.05) is 0 Å². The van der Waals surface area contributed by atoms with Gasteiger partial charge in [0, 0.05) is 6.54 Å². The lowest BCUT2D eigenvalue weighted by Crippen LogP contribution is -2.31. The van der Waals surface area contributed by atoms with E-state index in [-0.39, 0.29) is 17.6 Å². The lowest BCUT2D eigenvalue weighted by molar-refractivity contribution is -0.146. The molecule has 1 amide bonds. The quantitative estimate of drug-likeness (QED) is 0.476. The van der Waals surface area contributed by atoms with Crippen LogP contribution in [-0.4, -0.2) is 32.6 Å². The molecule has 0 aliphatic carbocycles. The van der Waals surface area contributed by atoms with Crippen LogP contribution in [0.2, 0.25) is 0 Å². The summed E-state index contributed by atoms with van der Waals surface area (Å²) in [7, 11) is 0. The Kier molecular flexibility index (Phi) is 4.81. The maximum Gasteiger partial charge on any atom is 0.453 e. The van der Waals surface area contributed by atoms with Crippen LogP contribution < -0.4 is 11.2 Å². The van der Waals surface area contributed by atoms with Gasteiger partial charge in [-0.15, -0.1) is 16.8 Å². The van der Waals surface area contributed by atoms with E-state index in [4.69, 9.17) is 5.84 Å². The standard InChI is InChI=1S/C9H12F3N5OS/c1-3-4-14-6(18)5(2)19-8-16-15-7(17(8)13)9(10,11)12/h3,5H,1,4,13H2,2H3,(H,14,18). The summed E-state index contributed by atoms with van der Waals surface area (Å²) in [5, 5.41) is 7.94. The molecule has 0 aromatic carbocycles. The monoisotopic (exact) mass is 295 g/mol. The van der Waals surface area contributed by atoms with Crippen LogP contribution in [0.3, 0.4) is 0 Å². The number of halogens is 3. The van der Waals surface area contributed by atoms with Gasteiger partial charge in [0.05, 0.1) is 5.25 Å². The molecule has 1 heterocycles. The molecular weight excluding hydrogens is 283 g/mol. The number of nitrogens with two attached hydrogens (primary N) is 1. The third-order valence-electron chi connectivity index (χ3n) is 1.99. The van der Waals surface area contributed by atoms with Crippen LogP contribution in [0.4, 0.5) is 13.2 Å². The van der Waals surface area contributed by atoms with Crippen LogP contribution in [0.25, 0.3) is 0 Å². The van der Waals surface area contributed by atoms with E-state index in [2.05, 4.69) is 22.1 Å². The van der Waals surface area contributed by atoms with Gasteiger partial charge in [-0.3, -0.25) is 4.79 Å². The van der Waals surface area contributed by atoms with Crippen molar-refractivity contribution in [2.75, 3.05) is 12.4 Å². The van der Waals surface area contributed by atoms with Gasteiger partial charge >= 0.3 is 6.18 Å². The van der Waals surface area contributed by atoms with Gasteiger partial charge in [-0.2, -0.15) is 13.2 Å². The molecule has 0 spiro atoms. The molecule has 0 aliphatic rings. The first-order valence-electron chi connectivity index (χ1n) is 5.10. The fourth-order valence-corrected chi connectivity index (χ4v) is 1.87. The summed E-state index contributed by atoms with van der Waals surface area (Å²) in [4.78, 5) is 11.5. The Morgan fingerprint density at radius 2 is 2.26 bits per heavy atom. The topological polar surface area (TPSA) is 85.8 Å². The minimum Gasteiger partial charge on any atom is -0.352 e. The van der Waals surface area contributed by atoms with Crippen LogP contribution in [0.1, 0.15) is 12.7 Å². The molecule has 19 heavy (non-hydrogen) atoms. The molecule has 6 nitrogen and oxygen atoms in total. The molecule has 0 fully saturated rings. The second kappa shape index (κ2) is 5.95. The van der Waals surface area contributed by atoms with Crippen molar-refractivity contribution in [3.8, 4) is 0 Å². The van der Waals surface area contributed by atoms with Crippen molar-refractivity contribution in [2.45, 2.75) is 23.5 Å². The number of carbonyl (C=O) groups excluding carboxylic acids is 1. The molecule has 1 unspecified atom stereocenters. The van der Waals surface area contributed by atoms with Gasteiger partial charge in [0.25, 0.3) is 5.82 Å². The van der Waals surface area contributed by atoms with Crippen molar-refractivity contribution in [2.24, 2.45) is 0 Å². The molecule has 106 valence electrons. The number of amides is 1. The summed E-state index contributed by atoms with van der Waals surface area (Å²) in [5.74, 6) is 3.57. The van der Waals surface area contributed by atoms with Crippen molar-refractivity contribution in [1.29, 1.82) is 0 Å². The Balaban J connectivity index is 2.75. The summed E-state index contributed by atoms with van der Waals surface area (Å²) < 4.78 is 37.6. The van der Waals surface area contributed by atoms with Crippen LogP contribution >= 0.6 is 11.8 Å². The third-order valence-corrected chi connectivity index (χ3v) is 3.05. The normalized spacial score (nSPS) is 13.1. The number of carbonyl (C=O) groups is 1. The molecule has 1 atom stereocenters. The third kappa shape index (κ3) is 3.88. The second-order valence-corrected chi connectivity index (χ2v) is 4.78. The highest BCUT2D eigenvalue weighted by atomic mass is 32.2. The van der Waals surface area contributed by atoms with Crippen molar-refractivity contribution >= 4 is 17.7 Å². The maximum absolute atomic E-state index is 12.4. The van der Waals surface area contributed by atoms with Gasteiger partial charge in [0.15, 0.2) is 0 Å². The summed E-state index contributed by atoms with van der Waals surface area (Å²) in [6.45, 7) is 5.22. The van der Waals surface area contributed by atoms with E-state index in [9.17, 15) is 18.0 Å². The number of hydrogen-bond acceptors (Lipinski definition) is 5. The van der Waals surface area contributed by atoms with Crippen molar-refractivity contribution < 1.29 is 18.0 Å². The molecule has 0 saturated heterocycles. The number of nitrogens with zero attached hydrogens (tertiary/aromatic N) is 3. The Hall–Kier alpha value is -1.71. The largest absolute Gasteiger partial charge is 0.453 e. The molecule has 1 rings (SSSR count). The van der Waals surface area contributed by atoms with Crippen LogP contribution in [0.15, 0.2) is 17.8 Å². The van der Waals surface area contributed by atoms with E-state index >= 15 is 0 Å². The molecule has 0 radical (unpaired) electrons.